The van der Waals surface area contributed by atoms with Gasteiger partial charge in [-0.05, 0) is 24.3 Å². The first-order valence-electron chi connectivity index (χ1n) is 8.43. The molecule has 1 aromatic heterocycles. The maximum Gasteiger partial charge on any atom is 0.203 e. The molecule has 0 aliphatic carbocycles. The fourth-order valence-electron chi connectivity index (χ4n) is 3.09. The third-order valence-electron chi connectivity index (χ3n) is 4.37. The summed E-state index contributed by atoms with van der Waals surface area (Å²) in [6.45, 7) is 0. The van der Waals surface area contributed by atoms with Crippen LogP contribution in [0.25, 0.3) is 22.5 Å². The predicted octanol–water partition coefficient (Wildman–Crippen LogP) is 3.37. The van der Waals surface area contributed by atoms with Gasteiger partial charge in [-0.25, -0.2) is 4.98 Å². The van der Waals surface area contributed by atoms with Gasteiger partial charge in [0.05, 0.1) is 59.0 Å². The van der Waals surface area contributed by atoms with Crippen LogP contribution in [-0.4, -0.2) is 45.5 Å². The van der Waals surface area contributed by atoms with Crippen LogP contribution in [0.15, 0.2) is 30.6 Å². The number of methoxy groups -OCH3 is 5. The van der Waals surface area contributed by atoms with E-state index in [2.05, 4.69) is 9.97 Å². The predicted molar refractivity (Wildman–Crippen MR) is 107 cm³/mol. The number of nitrogens with two attached hydrogens (primary N) is 1. The molecule has 2 aromatic carbocycles. The Morgan fingerprint density at radius 2 is 1.25 bits per heavy atom. The third kappa shape index (κ3) is 3.24. The Hall–Kier alpha value is -3.55. The smallest absolute Gasteiger partial charge is 0.203 e. The second-order valence-electron chi connectivity index (χ2n) is 5.84. The highest BCUT2D eigenvalue weighted by molar-refractivity contribution is 5.83. The summed E-state index contributed by atoms with van der Waals surface area (Å²) >= 11 is 0. The number of hydrogen-bond donors (Lipinski definition) is 2. The molecule has 0 saturated carbocycles. The molecule has 0 radical (unpaired) electrons. The zero-order chi connectivity index (χ0) is 20.3. The molecule has 0 unspecified atom stereocenters. The molecule has 0 saturated heterocycles. The lowest BCUT2D eigenvalue weighted by molar-refractivity contribution is 0.324. The molecule has 3 rings (SSSR count). The van der Waals surface area contributed by atoms with Gasteiger partial charge in [-0.3, -0.25) is 0 Å². The summed E-state index contributed by atoms with van der Waals surface area (Å²) < 4.78 is 27.0. The standard InChI is InChI=1S/C20H23N3O5/c1-24-14-7-11(6-13(21)19(14)27-4)17-18(23-10-22-17)12-8-15(25-2)20(28-5)16(9-12)26-3/h6-10H,21H2,1-5H3,(H,22,23). The summed E-state index contributed by atoms with van der Waals surface area (Å²) in [6.07, 6.45) is 1.61. The van der Waals surface area contributed by atoms with Crippen molar-refractivity contribution in [3.05, 3.63) is 30.6 Å². The Labute approximate surface area is 163 Å². The van der Waals surface area contributed by atoms with Crippen molar-refractivity contribution in [2.24, 2.45) is 0 Å². The van der Waals surface area contributed by atoms with Crippen molar-refractivity contribution in [3.8, 4) is 51.3 Å². The Bertz CT molecular complexity index is 959. The second kappa shape index (κ2) is 7.99. The zero-order valence-corrected chi connectivity index (χ0v) is 16.5. The quantitative estimate of drug-likeness (QED) is 0.601. The van der Waals surface area contributed by atoms with Crippen molar-refractivity contribution in [2.75, 3.05) is 41.3 Å². The molecule has 8 nitrogen and oxygen atoms in total. The van der Waals surface area contributed by atoms with Crippen molar-refractivity contribution in [3.63, 3.8) is 0 Å². The molecule has 0 amide bonds. The SMILES string of the molecule is COc1cc(-c2[nH]cnc2-c2cc(OC)c(OC)c(OC)c2)cc(N)c1OC. The monoisotopic (exact) mass is 385 g/mol. The number of nitrogens with one attached hydrogen (secondary N) is 1. The van der Waals surface area contributed by atoms with E-state index in [1.165, 1.54) is 0 Å². The summed E-state index contributed by atoms with van der Waals surface area (Å²) in [5.41, 5.74) is 9.66. The number of anilines is 1. The van der Waals surface area contributed by atoms with Gasteiger partial charge < -0.3 is 34.4 Å². The van der Waals surface area contributed by atoms with E-state index in [-0.39, 0.29) is 0 Å². The van der Waals surface area contributed by atoms with Gasteiger partial charge >= 0.3 is 0 Å². The normalized spacial score (nSPS) is 10.5. The number of rotatable bonds is 7. The number of aromatic amines is 1. The highest BCUT2D eigenvalue weighted by Crippen LogP contribution is 2.44. The van der Waals surface area contributed by atoms with Crippen molar-refractivity contribution in [2.45, 2.75) is 0 Å². The van der Waals surface area contributed by atoms with Gasteiger partial charge in [-0.1, -0.05) is 0 Å². The molecular formula is C20H23N3O5. The molecule has 0 spiro atoms. The Morgan fingerprint density at radius 3 is 1.79 bits per heavy atom. The summed E-state index contributed by atoms with van der Waals surface area (Å²) in [5.74, 6) is 2.61. The molecule has 28 heavy (non-hydrogen) atoms. The lowest BCUT2D eigenvalue weighted by Gasteiger charge is -2.15. The van der Waals surface area contributed by atoms with Gasteiger partial charge in [-0.15, -0.1) is 0 Å². The summed E-state index contributed by atoms with van der Waals surface area (Å²) in [6, 6.07) is 7.32. The summed E-state index contributed by atoms with van der Waals surface area (Å²) in [5, 5.41) is 0. The van der Waals surface area contributed by atoms with Crippen LogP contribution < -0.4 is 29.4 Å². The number of nitrogens with zero attached hydrogens (tertiary/aromatic N) is 1. The first-order valence-corrected chi connectivity index (χ1v) is 8.43. The minimum absolute atomic E-state index is 0.460. The number of ether oxygens (including phenoxy) is 5. The summed E-state index contributed by atoms with van der Waals surface area (Å²) in [7, 11) is 7.81. The number of nitrogen functional groups attached to an aromatic ring is 1. The van der Waals surface area contributed by atoms with E-state index in [4.69, 9.17) is 29.4 Å². The van der Waals surface area contributed by atoms with Crippen LogP contribution in [0.4, 0.5) is 5.69 Å². The molecule has 3 aromatic rings. The van der Waals surface area contributed by atoms with Crippen LogP contribution in [0.1, 0.15) is 0 Å². The number of imidazole rings is 1. The number of benzene rings is 2. The average molecular weight is 385 g/mol. The van der Waals surface area contributed by atoms with Crippen LogP contribution in [0.2, 0.25) is 0 Å². The fourth-order valence-corrected chi connectivity index (χ4v) is 3.09. The van der Waals surface area contributed by atoms with Crippen LogP contribution >= 0.6 is 0 Å². The van der Waals surface area contributed by atoms with E-state index in [1.54, 1.807) is 47.9 Å². The summed E-state index contributed by atoms with van der Waals surface area (Å²) in [4.78, 5) is 7.64. The van der Waals surface area contributed by atoms with Crippen LogP contribution in [0.3, 0.4) is 0 Å². The van der Waals surface area contributed by atoms with Crippen molar-refractivity contribution < 1.29 is 23.7 Å². The van der Waals surface area contributed by atoms with Gasteiger partial charge in [-0.2, -0.15) is 0 Å². The number of hydrogen-bond acceptors (Lipinski definition) is 7. The Balaban J connectivity index is 2.17. The molecule has 3 N–H and O–H groups in total. The molecule has 0 aliphatic heterocycles. The highest BCUT2D eigenvalue weighted by atomic mass is 16.5. The fraction of sp³-hybridized carbons (Fsp3) is 0.250. The molecule has 8 heteroatoms. The molecule has 148 valence electrons. The molecule has 0 bridgehead atoms. The molecule has 0 fully saturated rings. The Kier molecular flexibility index (Phi) is 5.49. The maximum atomic E-state index is 6.14. The molecule has 1 heterocycles. The molecule has 0 aliphatic rings. The molecule has 0 atom stereocenters. The number of H-pyrrole nitrogens is 1. The highest BCUT2D eigenvalue weighted by Gasteiger charge is 2.19. The van der Waals surface area contributed by atoms with Crippen LogP contribution in [0, 0.1) is 0 Å². The van der Waals surface area contributed by atoms with Gasteiger partial charge in [0, 0.05) is 11.1 Å². The van der Waals surface area contributed by atoms with E-state index in [0.717, 1.165) is 16.8 Å². The van der Waals surface area contributed by atoms with Gasteiger partial charge in [0.1, 0.15) is 0 Å². The second-order valence-corrected chi connectivity index (χ2v) is 5.84. The maximum absolute atomic E-state index is 6.14. The first kappa shape index (κ1) is 19.2. The topological polar surface area (TPSA) is 101 Å². The van der Waals surface area contributed by atoms with Gasteiger partial charge in [0.2, 0.25) is 5.75 Å². The largest absolute Gasteiger partial charge is 0.493 e. The van der Waals surface area contributed by atoms with E-state index < -0.39 is 0 Å². The minimum atomic E-state index is 0.460. The van der Waals surface area contributed by atoms with Crippen molar-refractivity contribution in [1.82, 2.24) is 9.97 Å². The van der Waals surface area contributed by atoms with E-state index in [0.29, 0.717) is 40.1 Å². The van der Waals surface area contributed by atoms with Crippen molar-refractivity contribution in [1.29, 1.82) is 0 Å². The zero-order valence-electron chi connectivity index (χ0n) is 16.5. The minimum Gasteiger partial charge on any atom is -0.493 e. The molecular weight excluding hydrogens is 362 g/mol. The van der Waals surface area contributed by atoms with Crippen molar-refractivity contribution >= 4 is 5.69 Å². The lowest BCUT2D eigenvalue weighted by atomic mass is 10.0. The first-order chi connectivity index (χ1) is 13.6. The Morgan fingerprint density at radius 1 is 0.714 bits per heavy atom. The van der Waals surface area contributed by atoms with E-state index >= 15 is 0 Å². The third-order valence-corrected chi connectivity index (χ3v) is 4.37. The van der Waals surface area contributed by atoms with Gasteiger partial charge in [0.25, 0.3) is 0 Å². The lowest BCUT2D eigenvalue weighted by Crippen LogP contribution is -1.98. The van der Waals surface area contributed by atoms with E-state index in [1.807, 2.05) is 18.2 Å². The van der Waals surface area contributed by atoms with Crippen LogP contribution in [-0.2, 0) is 0 Å². The number of aromatic nitrogens is 2. The van der Waals surface area contributed by atoms with E-state index in [9.17, 15) is 0 Å². The van der Waals surface area contributed by atoms with Crippen LogP contribution in [0.5, 0.6) is 28.7 Å². The average Bonchev–Trinajstić information content (AvgIpc) is 3.21. The van der Waals surface area contributed by atoms with Gasteiger partial charge in [0.15, 0.2) is 23.0 Å².